The van der Waals surface area contributed by atoms with Crippen molar-refractivity contribution in [1.29, 1.82) is 0 Å². The van der Waals surface area contributed by atoms with E-state index in [-0.39, 0.29) is 17.6 Å². The summed E-state index contributed by atoms with van der Waals surface area (Å²) in [7, 11) is 0. The van der Waals surface area contributed by atoms with E-state index in [1.54, 1.807) is 10.6 Å². The number of carbonyl (C=O) groups is 1. The van der Waals surface area contributed by atoms with E-state index in [1.807, 2.05) is 5.38 Å². The fourth-order valence-electron chi connectivity index (χ4n) is 2.52. The van der Waals surface area contributed by atoms with E-state index in [1.165, 1.54) is 23.5 Å². The zero-order chi connectivity index (χ0) is 16.9. The third-order valence-electron chi connectivity index (χ3n) is 3.88. The fraction of sp³-hybridized carbons (Fsp3) is 0.250. The first-order valence-electron chi connectivity index (χ1n) is 7.37. The molecular weight excluding hydrogens is 339 g/mol. The van der Waals surface area contributed by atoms with E-state index in [4.69, 9.17) is 0 Å². The Morgan fingerprint density at radius 3 is 2.58 bits per heavy atom. The van der Waals surface area contributed by atoms with Gasteiger partial charge in [-0.25, -0.2) is 4.98 Å². The molecule has 8 heteroatoms. The standard InChI is InChI=1S/C16H12F3N3OS/c17-16(18,19)10-3-1-9(2-4-10)13-12(14(23)20-11-5-6-11)21-15-22(13)7-8-24-15/h1-4,7-8,11H,5-6H2,(H,20,23). The number of halogens is 3. The number of hydrogen-bond acceptors (Lipinski definition) is 3. The van der Waals surface area contributed by atoms with Gasteiger partial charge in [0.1, 0.15) is 0 Å². The molecule has 0 radical (unpaired) electrons. The Morgan fingerprint density at radius 2 is 1.96 bits per heavy atom. The summed E-state index contributed by atoms with van der Waals surface area (Å²) >= 11 is 1.37. The van der Waals surface area contributed by atoms with E-state index >= 15 is 0 Å². The van der Waals surface area contributed by atoms with Crippen molar-refractivity contribution in [2.75, 3.05) is 0 Å². The van der Waals surface area contributed by atoms with Gasteiger partial charge < -0.3 is 5.32 Å². The summed E-state index contributed by atoms with van der Waals surface area (Å²) in [5.74, 6) is -0.289. The number of rotatable bonds is 3. The van der Waals surface area contributed by atoms with Crippen molar-refractivity contribution >= 4 is 22.2 Å². The molecule has 0 bridgehead atoms. The van der Waals surface area contributed by atoms with E-state index in [9.17, 15) is 18.0 Å². The number of amides is 1. The van der Waals surface area contributed by atoms with Crippen LogP contribution in [0.1, 0.15) is 28.9 Å². The summed E-state index contributed by atoms with van der Waals surface area (Å²) in [5.41, 5.74) is 0.558. The van der Waals surface area contributed by atoms with E-state index in [0.29, 0.717) is 16.2 Å². The Balaban J connectivity index is 1.79. The first-order valence-corrected chi connectivity index (χ1v) is 8.25. The third kappa shape index (κ3) is 2.66. The molecule has 1 N–H and O–H groups in total. The van der Waals surface area contributed by atoms with Gasteiger partial charge in [-0.3, -0.25) is 9.20 Å². The van der Waals surface area contributed by atoms with Crippen LogP contribution >= 0.6 is 11.3 Å². The van der Waals surface area contributed by atoms with Gasteiger partial charge in [0.05, 0.1) is 11.3 Å². The number of imidazole rings is 1. The number of fused-ring (bicyclic) bond motifs is 1. The second-order valence-electron chi connectivity index (χ2n) is 5.69. The van der Waals surface area contributed by atoms with Crippen LogP contribution in [-0.4, -0.2) is 21.3 Å². The predicted molar refractivity (Wildman–Crippen MR) is 84.0 cm³/mol. The van der Waals surface area contributed by atoms with Crippen molar-refractivity contribution in [2.45, 2.75) is 25.1 Å². The van der Waals surface area contributed by atoms with Crippen LogP contribution in [0.15, 0.2) is 35.8 Å². The van der Waals surface area contributed by atoms with Gasteiger partial charge in [0.15, 0.2) is 10.7 Å². The molecule has 4 rings (SSSR count). The Kier molecular flexibility index (Phi) is 3.38. The second kappa shape index (κ2) is 5.34. The minimum absolute atomic E-state index is 0.178. The quantitative estimate of drug-likeness (QED) is 0.776. The van der Waals surface area contributed by atoms with Crippen molar-refractivity contribution in [3.8, 4) is 11.3 Å². The van der Waals surface area contributed by atoms with E-state index in [2.05, 4.69) is 10.3 Å². The molecule has 24 heavy (non-hydrogen) atoms. The molecular formula is C16H12F3N3OS. The van der Waals surface area contributed by atoms with E-state index < -0.39 is 11.7 Å². The normalized spacial score (nSPS) is 15.0. The molecule has 124 valence electrons. The SMILES string of the molecule is O=C(NC1CC1)c1nc2sccn2c1-c1ccc(C(F)(F)F)cc1. The number of aromatic nitrogens is 2. The maximum atomic E-state index is 12.7. The number of carbonyl (C=O) groups excluding carboxylic acids is 1. The Bertz CT molecular complexity index is 907. The number of alkyl halides is 3. The monoisotopic (exact) mass is 351 g/mol. The van der Waals surface area contributed by atoms with Gasteiger partial charge in [0.2, 0.25) is 0 Å². The van der Waals surface area contributed by atoms with Crippen LogP contribution in [0.3, 0.4) is 0 Å². The van der Waals surface area contributed by atoms with Gasteiger partial charge in [-0.2, -0.15) is 13.2 Å². The van der Waals surface area contributed by atoms with E-state index in [0.717, 1.165) is 25.0 Å². The van der Waals surface area contributed by atoms with Gasteiger partial charge in [-0.1, -0.05) is 12.1 Å². The number of benzene rings is 1. The summed E-state index contributed by atoms with van der Waals surface area (Å²) in [6.07, 6.45) is -0.735. The fourth-order valence-corrected chi connectivity index (χ4v) is 3.23. The minimum atomic E-state index is -4.39. The lowest BCUT2D eigenvalue weighted by Gasteiger charge is -2.09. The predicted octanol–water partition coefficient (Wildman–Crippen LogP) is 3.97. The van der Waals surface area contributed by atoms with Crippen LogP contribution < -0.4 is 5.32 Å². The highest BCUT2D eigenvalue weighted by Gasteiger charge is 2.31. The van der Waals surface area contributed by atoms with Crippen LogP contribution in [0.25, 0.3) is 16.2 Å². The van der Waals surface area contributed by atoms with Crippen molar-refractivity contribution in [1.82, 2.24) is 14.7 Å². The van der Waals surface area contributed by atoms with Crippen molar-refractivity contribution < 1.29 is 18.0 Å². The zero-order valence-electron chi connectivity index (χ0n) is 12.3. The topological polar surface area (TPSA) is 46.4 Å². The molecule has 0 atom stereocenters. The summed E-state index contributed by atoms with van der Waals surface area (Å²) in [4.78, 5) is 17.4. The average molecular weight is 351 g/mol. The minimum Gasteiger partial charge on any atom is -0.348 e. The summed E-state index contributed by atoms with van der Waals surface area (Å²) in [6, 6.07) is 4.96. The van der Waals surface area contributed by atoms with Crippen molar-refractivity contribution in [2.24, 2.45) is 0 Å². The maximum Gasteiger partial charge on any atom is 0.416 e. The van der Waals surface area contributed by atoms with Crippen molar-refractivity contribution in [3.05, 3.63) is 47.1 Å². The molecule has 1 aliphatic rings. The van der Waals surface area contributed by atoms with Gasteiger partial charge in [-0.15, -0.1) is 11.3 Å². The largest absolute Gasteiger partial charge is 0.416 e. The Morgan fingerprint density at radius 1 is 1.25 bits per heavy atom. The first-order chi connectivity index (χ1) is 11.4. The lowest BCUT2D eigenvalue weighted by Crippen LogP contribution is -2.26. The van der Waals surface area contributed by atoms with Crippen LogP contribution in [-0.2, 0) is 6.18 Å². The molecule has 1 amide bonds. The maximum absolute atomic E-state index is 12.7. The molecule has 1 aromatic carbocycles. The molecule has 0 unspecified atom stereocenters. The zero-order valence-corrected chi connectivity index (χ0v) is 13.1. The first kappa shape index (κ1) is 15.2. The summed E-state index contributed by atoms with van der Waals surface area (Å²) in [6.45, 7) is 0. The molecule has 1 fully saturated rings. The molecule has 2 heterocycles. The molecule has 1 aliphatic carbocycles. The van der Waals surface area contributed by atoms with Crippen LogP contribution in [0, 0.1) is 0 Å². The molecule has 2 aromatic heterocycles. The van der Waals surface area contributed by atoms with Crippen LogP contribution in [0.4, 0.5) is 13.2 Å². The Labute approximate surface area is 138 Å². The number of nitrogens with zero attached hydrogens (tertiary/aromatic N) is 2. The van der Waals surface area contributed by atoms with Crippen LogP contribution in [0.5, 0.6) is 0 Å². The molecule has 1 saturated carbocycles. The highest BCUT2D eigenvalue weighted by Crippen LogP contribution is 2.33. The summed E-state index contributed by atoms with van der Waals surface area (Å²) in [5, 5.41) is 4.69. The molecule has 0 spiro atoms. The van der Waals surface area contributed by atoms with Gasteiger partial charge in [-0.05, 0) is 25.0 Å². The molecule has 3 aromatic rings. The highest BCUT2D eigenvalue weighted by molar-refractivity contribution is 7.15. The number of thiazole rings is 1. The average Bonchev–Trinajstić information content (AvgIpc) is 3.09. The van der Waals surface area contributed by atoms with Gasteiger partial charge in [0.25, 0.3) is 5.91 Å². The molecule has 0 aliphatic heterocycles. The summed E-state index contributed by atoms with van der Waals surface area (Å²) < 4.78 is 40.0. The third-order valence-corrected chi connectivity index (χ3v) is 4.63. The number of hydrogen-bond donors (Lipinski definition) is 1. The van der Waals surface area contributed by atoms with Gasteiger partial charge >= 0.3 is 6.18 Å². The molecule has 0 saturated heterocycles. The second-order valence-corrected chi connectivity index (χ2v) is 6.56. The lowest BCUT2D eigenvalue weighted by atomic mass is 10.1. The van der Waals surface area contributed by atoms with Gasteiger partial charge in [0, 0.05) is 23.2 Å². The lowest BCUT2D eigenvalue weighted by molar-refractivity contribution is -0.137. The Hall–Kier alpha value is -2.35. The smallest absolute Gasteiger partial charge is 0.348 e. The number of nitrogens with one attached hydrogen (secondary N) is 1. The van der Waals surface area contributed by atoms with Crippen molar-refractivity contribution in [3.63, 3.8) is 0 Å². The van der Waals surface area contributed by atoms with Crippen LogP contribution in [0.2, 0.25) is 0 Å². The molecule has 4 nitrogen and oxygen atoms in total. The highest BCUT2D eigenvalue weighted by atomic mass is 32.1.